The van der Waals surface area contributed by atoms with E-state index >= 15 is 0 Å². The predicted molar refractivity (Wildman–Crippen MR) is 109 cm³/mol. The van der Waals surface area contributed by atoms with Crippen molar-refractivity contribution in [3.8, 4) is 17.1 Å². The Hall–Kier alpha value is -2.93. The Bertz CT molecular complexity index is 1020. The number of carbonyl (C=O) groups excluding carboxylic acids is 1. The molecule has 0 radical (unpaired) electrons. The van der Waals surface area contributed by atoms with Gasteiger partial charge in [0.2, 0.25) is 5.91 Å². The zero-order valence-corrected chi connectivity index (χ0v) is 16.4. The van der Waals surface area contributed by atoms with Gasteiger partial charge >= 0.3 is 0 Å². The van der Waals surface area contributed by atoms with Crippen molar-refractivity contribution >= 4 is 23.8 Å². The molecule has 1 aromatic heterocycles. The second kappa shape index (κ2) is 8.18. The number of amides is 1. The molecule has 0 saturated carbocycles. The van der Waals surface area contributed by atoms with Crippen LogP contribution in [0.2, 0.25) is 0 Å². The Labute approximate surface area is 163 Å². The fourth-order valence-corrected chi connectivity index (χ4v) is 3.10. The summed E-state index contributed by atoms with van der Waals surface area (Å²) in [6, 6.07) is 13.7. The fourth-order valence-electron chi connectivity index (χ4n) is 2.88. The summed E-state index contributed by atoms with van der Waals surface area (Å²) >= 11 is 5.34. The van der Waals surface area contributed by atoms with E-state index in [1.54, 1.807) is 7.11 Å². The second-order valence-electron chi connectivity index (χ2n) is 6.38. The van der Waals surface area contributed by atoms with Crippen LogP contribution in [0.4, 0.5) is 5.69 Å². The third-order valence-corrected chi connectivity index (χ3v) is 4.54. The molecule has 6 nitrogen and oxygen atoms in total. The first kappa shape index (κ1) is 18.8. The van der Waals surface area contributed by atoms with Crippen LogP contribution in [0.3, 0.4) is 0 Å². The predicted octanol–water partition coefficient (Wildman–Crippen LogP) is 4.26. The number of methoxy groups -OCH3 is 1. The molecule has 2 aromatic carbocycles. The van der Waals surface area contributed by atoms with E-state index in [1.807, 2.05) is 60.9 Å². The molecule has 0 bridgehead atoms. The lowest BCUT2D eigenvalue weighted by molar-refractivity contribution is -0.116. The second-order valence-corrected chi connectivity index (χ2v) is 6.76. The normalized spacial score (nSPS) is 10.6. The molecule has 1 amide bonds. The maximum Gasteiger partial charge on any atom is 0.226 e. The van der Waals surface area contributed by atoms with Crippen LogP contribution in [0.1, 0.15) is 17.5 Å². The van der Waals surface area contributed by atoms with Gasteiger partial charge in [-0.1, -0.05) is 29.8 Å². The molecular weight excluding hydrogens is 360 g/mol. The number of rotatable bonds is 6. The quantitative estimate of drug-likeness (QED) is 0.625. The van der Waals surface area contributed by atoms with Crippen molar-refractivity contribution in [2.24, 2.45) is 0 Å². The van der Waals surface area contributed by atoms with Crippen molar-refractivity contribution in [3.63, 3.8) is 0 Å². The Morgan fingerprint density at radius 2 is 2.00 bits per heavy atom. The van der Waals surface area contributed by atoms with Crippen LogP contribution in [0.15, 0.2) is 42.5 Å². The number of hydrogen-bond acceptors (Lipinski definition) is 4. The Balaban J connectivity index is 1.74. The number of nitrogens with one attached hydrogen (secondary N) is 2. The zero-order valence-electron chi connectivity index (χ0n) is 15.6. The molecule has 0 unspecified atom stereocenters. The van der Waals surface area contributed by atoms with Crippen molar-refractivity contribution in [2.75, 3.05) is 12.4 Å². The van der Waals surface area contributed by atoms with Gasteiger partial charge in [-0.15, -0.1) is 0 Å². The third kappa shape index (κ3) is 4.43. The number of carbonyl (C=O) groups is 1. The van der Waals surface area contributed by atoms with Crippen LogP contribution in [0.5, 0.6) is 5.75 Å². The molecule has 0 atom stereocenters. The van der Waals surface area contributed by atoms with E-state index in [0.717, 1.165) is 22.5 Å². The highest BCUT2D eigenvalue weighted by Gasteiger charge is 2.12. The molecule has 0 saturated heterocycles. The van der Waals surface area contributed by atoms with E-state index in [2.05, 4.69) is 15.5 Å². The average Bonchev–Trinajstić information content (AvgIpc) is 3.01. The molecule has 0 aliphatic heterocycles. The number of H-pyrrole nitrogens is 1. The minimum absolute atomic E-state index is 0.114. The molecule has 27 heavy (non-hydrogen) atoms. The first-order valence-corrected chi connectivity index (χ1v) is 9.05. The monoisotopic (exact) mass is 382 g/mol. The number of aryl methyl sites for hydroxylation is 2. The third-order valence-electron chi connectivity index (χ3n) is 4.23. The number of nitrogens with zero attached hydrogens (tertiary/aromatic N) is 2. The number of anilines is 1. The zero-order chi connectivity index (χ0) is 19.4. The summed E-state index contributed by atoms with van der Waals surface area (Å²) in [5, 5.41) is 10.1. The standard InChI is InChI=1S/C20H22N4O2S/c1-13-5-4-6-15(11-13)19-22-23-20(27)24(19)10-9-18(25)21-16-12-14(2)7-8-17(16)26-3/h4-8,11-12H,9-10H2,1-3H3,(H,21,25)(H,23,27). The van der Waals surface area contributed by atoms with Crippen molar-refractivity contribution in [2.45, 2.75) is 26.8 Å². The molecular formula is C20H22N4O2S. The molecule has 0 fully saturated rings. The van der Waals surface area contributed by atoms with Crippen molar-refractivity contribution in [1.29, 1.82) is 0 Å². The lowest BCUT2D eigenvalue weighted by Gasteiger charge is -2.12. The SMILES string of the molecule is COc1ccc(C)cc1NC(=O)CCn1c(-c2cccc(C)c2)n[nH]c1=S. The van der Waals surface area contributed by atoms with Crippen LogP contribution in [-0.4, -0.2) is 27.8 Å². The number of benzene rings is 2. The molecule has 3 rings (SSSR count). The van der Waals surface area contributed by atoms with E-state index in [1.165, 1.54) is 0 Å². The molecule has 3 aromatic rings. The number of aromatic nitrogens is 3. The van der Waals surface area contributed by atoms with E-state index in [4.69, 9.17) is 17.0 Å². The molecule has 0 aliphatic rings. The molecule has 0 spiro atoms. The first-order chi connectivity index (χ1) is 13.0. The van der Waals surface area contributed by atoms with Gasteiger partial charge < -0.3 is 10.1 Å². The van der Waals surface area contributed by atoms with Crippen LogP contribution >= 0.6 is 12.2 Å². The lowest BCUT2D eigenvalue weighted by Crippen LogP contribution is -2.15. The van der Waals surface area contributed by atoms with Crippen molar-refractivity contribution in [3.05, 3.63) is 58.4 Å². The van der Waals surface area contributed by atoms with E-state index in [0.29, 0.717) is 22.8 Å². The van der Waals surface area contributed by atoms with Gasteiger partial charge in [0.1, 0.15) is 5.75 Å². The number of ether oxygens (including phenoxy) is 1. The smallest absolute Gasteiger partial charge is 0.226 e. The Kier molecular flexibility index (Phi) is 5.71. The van der Waals surface area contributed by atoms with Gasteiger partial charge in [0, 0.05) is 18.5 Å². The molecule has 1 heterocycles. The Morgan fingerprint density at radius 3 is 2.74 bits per heavy atom. The maximum absolute atomic E-state index is 12.5. The highest BCUT2D eigenvalue weighted by Crippen LogP contribution is 2.25. The van der Waals surface area contributed by atoms with Crippen LogP contribution in [-0.2, 0) is 11.3 Å². The minimum Gasteiger partial charge on any atom is -0.495 e. The summed E-state index contributed by atoms with van der Waals surface area (Å²) in [4.78, 5) is 12.5. The minimum atomic E-state index is -0.114. The van der Waals surface area contributed by atoms with Crippen molar-refractivity contribution < 1.29 is 9.53 Å². The van der Waals surface area contributed by atoms with Crippen LogP contribution in [0, 0.1) is 18.6 Å². The van der Waals surface area contributed by atoms with Crippen LogP contribution < -0.4 is 10.1 Å². The van der Waals surface area contributed by atoms with Gasteiger partial charge in [0.25, 0.3) is 0 Å². The van der Waals surface area contributed by atoms with E-state index in [9.17, 15) is 4.79 Å². The molecule has 140 valence electrons. The largest absolute Gasteiger partial charge is 0.495 e. The highest BCUT2D eigenvalue weighted by atomic mass is 32.1. The van der Waals surface area contributed by atoms with Gasteiger partial charge in [-0.05, 0) is 49.8 Å². The molecule has 7 heteroatoms. The van der Waals surface area contributed by atoms with Gasteiger partial charge in [-0.3, -0.25) is 14.5 Å². The number of hydrogen-bond donors (Lipinski definition) is 2. The van der Waals surface area contributed by atoms with Gasteiger partial charge in [-0.25, -0.2) is 0 Å². The van der Waals surface area contributed by atoms with Crippen LogP contribution in [0.25, 0.3) is 11.4 Å². The Morgan fingerprint density at radius 1 is 1.22 bits per heavy atom. The van der Waals surface area contributed by atoms with E-state index in [-0.39, 0.29) is 12.3 Å². The maximum atomic E-state index is 12.5. The molecule has 0 aliphatic carbocycles. The summed E-state index contributed by atoms with van der Waals surface area (Å²) in [5.74, 6) is 1.25. The summed E-state index contributed by atoms with van der Waals surface area (Å²) in [5.41, 5.74) is 3.81. The highest BCUT2D eigenvalue weighted by molar-refractivity contribution is 7.71. The lowest BCUT2D eigenvalue weighted by atomic mass is 10.1. The summed E-state index contributed by atoms with van der Waals surface area (Å²) in [6.07, 6.45) is 0.268. The molecule has 2 N–H and O–H groups in total. The topological polar surface area (TPSA) is 71.9 Å². The first-order valence-electron chi connectivity index (χ1n) is 8.64. The summed E-state index contributed by atoms with van der Waals surface area (Å²) < 4.78 is 7.64. The van der Waals surface area contributed by atoms with Crippen molar-refractivity contribution in [1.82, 2.24) is 14.8 Å². The van der Waals surface area contributed by atoms with Gasteiger partial charge in [-0.2, -0.15) is 5.10 Å². The van der Waals surface area contributed by atoms with Gasteiger partial charge in [0.15, 0.2) is 10.6 Å². The van der Waals surface area contributed by atoms with E-state index < -0.39 is 0 Å². The summed E-state index contributed by atoms with van der Waals surface area (Å²) in [6.45, 7) is 4.42. The number of aromatic amines is 1. The summed E-state index contributed by atoms with van der Waals surface area (Å²) in [7, 11) is 1.58. The fraction of sp³-hybridized carbons (Fsp3) is 0.250. The average molecular weight is 382 g/mol. The van der Waals surface area contributed by atoms with Gasteiger partial charge in [0.05, 0.1) is 12.8 Å².